The topological polar surface area (TPSA) is 68.0 Å². The minimum Gasteiger partial charge on any atom is -0.449 e. The molecule has 5 heteroatoms. The molecule has 0 radical (unpaired) electrons. The molecular formula is C60H39N3O2. The summed E-state index contributed by atoms with van der Waals surface area (Å²) >= 11 is 0. The third kappa shape index (κ3) is 6.46. The van der Waals surface area contributed by atoms with Gasteiger partial charge in [0.2, 0.25) is 0 Å². The fraction of sp³-hybridized carbons (Fsp3) is 0.0500. The molecule has 9 aromatic rings. The summed E-state index contributed by atoms with van der Waals surface area (Å²) in [6.45, 7) is 0. The van der Waals surface area contributed by atoms with Gasteiger partial charge in [-0.25, -0.2) is 9.97 Å². The fourth-order valence-electron chi connectivity index (χ4n) is 9.98. The van der Waals surface area contributed by atoms with Crippen LogP contribution in [-0.4, -0.2) is 9.97 Å². The van der Waals surface area contributed by atoms with E-state index < -0.39 is 5.41 Å². The molecule has 0 amide bonds. The molecule has 5 nitrogen and oxygen atoms in total. The molecule has 65 heavy (non-hydrogen) atoms. The van der Waals surface area contributed by atoms with Gasteiger partial charge in [-0.3, -0.25) is 0 Å². The summed E-state index contributed by atoms with van der Waals surface area (Å²) in [5.41, 5.74) is 15.2. The Kier molecular flexibility index (Phi) is 9.17. The van der Waals surface area contributed by atoms with Crippen LogP contribution in [0, 0.1) is 11.3 Å². The molecule has 0 saturated heterocycles. The van der Waals surface area contributed by atoms with Crippen molar-refractivity contribution in [2.24, 2.45) is 0 Å². The quantitative estimate of drug-likeness (QED) is 0.160. The third-order valence-electron chi connectivity index (χ3n) is 13.0. The van der Waals surface area contributed by atoms with Crippen molar-refractivity contribution in [2.45, 2.75) is 17.8 Å². The normalized spacial score (nSPS) is 14.9. The Morgan fingerprint density at radius 1 is 0.523 bits per heavy atom. The Hall–Kier alpha value is -8.59. The van der Waals surface area contributed by atoms with Crippen molar-refractivity contribution >= 4 is 5.57 Å². The highest BCUT2D eigenvalue weighted by Gasteiger charge is 2.48. The van der Waals surface area contributed by atoms with E-state index in [1.54, 1.807) is 0 Å². The summed E-state index contributed by atoms with van der Waals surface area (Å²) in [7, 11) is 0. The SMILES string of the molecule is N#Cc1cccc(C2=CC=CC(c3cc(-c4ccc(-c5ccc6c(c5)Oc5ccc7c(c5O6)-c5ccccc5C7(c5ccccc5)c5ccccc5)cc4)nc(-c4ccccc4)n3)C2)c1. The van der Waals surface area contributed by atoms with Crippen LogP contribution in [0.3, 0.4) is 0 Å². The monoisotopic (exact) mass is 833 g/mol. The average Bonchev–Trinajstić information content (AvgIpc) is 3.70. The number of rotatable bonds is 7. The lowest BCUT2D eigenvalue weighted by molar-refractivity contribution is 0.360. The summed E-state index contributed by atoms with van der Waals surface area (Å²) in [5, 5.41) is 9.54. The zero-order chi connectivity index (χ0) is 43.3. The lowest BCUT2D eigenvalue weighted by Crippen LogP contribution is -2.28. The molecule has 0 saturated carbocycles. The molecule has 8 aromatic carbocycles. The first-order valence-corrected chi connectivity index (χ1v) is 22.0. The van der Waals surface area contributed by atoms with Crippen LogP contribution in [0.5, 0.6) is 23.0 Å². The van der Waals surface area contributed by atoms with E-state index in [0.717, 1.165) is 62.5 Å². The van der Waals surface area contributed by atoms with Gasteiger partial charge in [-0.05, 0) is 92.9 Å². The van der Waals surface area contributed by atoms with Crippen LogP contribution in [0.2, 0.25) is 0 Å². The molecule has 0 spiro atoms. The molecule has 0 N–H and O–H groups in total. The molecule has 3 aliphatic rings. The highest BCUT2D eigenvalue weighted by atomic mass is 16.6. The highest BCUT2D eigenvalue weighted by Crippen LogP contribution is 2.62. The maximum absolute atomic E-state index is 9.54. The number of nitrogens with zero attached hydrogens (tertiary/aromatic N) is 3. The van der Waals surface area contributed by atoms with Gasteiger partial charge in [0.15, 0.2) is 28.8 Å². The van der Waals surface area contributed by atoms with Crippen LogP contribution < -0.4 is 9.47 Å². The van der Waals surface area contributed by atoms with E-state index in [2.05, 4.69) is 182 Å². The van der Waals surface area contributed by atoms with Gasteiger partial charge in [-0.15, -0.1) is 0 Å². The first kappa shape index (κ1) is 38.1. The maximum atomic E-state index is 9.54. The summed E-state index contributed by atoms with van der Waals surface area (Å²) in [6.07, 6.45) is 7.20. The van der Waals surface area contributed by atoms with E-state index in [-0.39, 0.29) is 5.92 Å². The minimum atomic E-state index is -0.528. The summed E-state index contributed by atoms with van der Waals surface area (Å²) in [5.74, 6) is 3.49. The number of aromatic nitrogens is 2. The van der Waals surface area contributed by atoms with Crippen molar-refractivity contribution in [3.8, 4) is 74.0 Å². The molecule has 2 aliphatic carbocycles. The van der Waals surface area contributed by atoms with Gasteiger partial charge in [0.1, 0.15) is 0 Å². The Balaban J connectivity index is 0.866. The summed E-state index contributed by atoms with van der Waals surface area (Å²) in [4.78, 5) is 10.2. The van der Waals surface area contributed by atoms with Gasteiger partial charge in [-0.2, -0.15) is 5.26 Å². The minimum absolute atomic E-state index is 0.0399. The molecule has 1 atom stereocenters. The molecule has 1 aliphatic heterocycles. The van der Waals surface area contributed by atoms with Crippen LogP contribution in [0.15, 0.2) is 218 Å². The Morgan fingerprint density at radius 3 is 1.97 bits per heavy atom. The average molecular weight is 834 g/mol. The smallest absolute Gasteiger partial charge is 0.178 e. The van der Waals surface area contributed by atoms with E-state index in [1.165, 1.54) is 27.8 Å². The van der Waals surface area contributed by atoms with Crippen molar-refractivity contribution in [3.63, 3.8) is 0 Å². The van der Waals surface area contributed by atoms with Crippen molar-refractivity contribution < 1.29 is 9.47 Å². The number of ether oxygens (including phenoxy) is 2. The number of hydrogen-bond acceptors (Lipinski definition) is 5. The standard InChI is InChI=1S/C60H39N3O2/c61-38-39-14-12-17-43(34-39)44-18-13-19-46(35-44)53-37-52(62-59(63-53)42-15-4-1-5-16-42)41-28-26-40(27-29-41)45-30-32-54-56(36-45)64-55-33-31-51-57(58(55)65-54)49-24-10-11-25-50(49)60(51,47-20-6-2-7-21-47)48-22-8-3-9-23-48/h1-34,36-37,46H,35H2. The molecule has 2 heterocycles. The molecule has 12 rings (SSSR count). The van der Waals surface area contributed by atoms with Gasteiger partial charge in [0.25, 0.3) is 0 Å². The number of fused-ring (bicyclic) bond motifs is 6. The van der Waals surface area contributed by atoms with Crippen LogP contribution in [0.1, 0.15) is 51.4 Å². The Bertz CT molecular complexity index is 3370. The fourth-order valence-corrected chi connectivity index (χ4v) is 9.98. The summed E-state index contributed by atoms with van der Waals surface area (Å²) in [6, 6.07) is 71.6. The number of allylic oxidation sites excluding steroid dienone is 4. The molecule has 306 valence electrons. The van der Waals surface area contributed by atoms with Crippen molar-refractivity contribution in [2.75, 3.05) is 0 Å². The van der Waals surface area contributed by atoms with Gasteiger partial charge in [0, 0.05) is 22.6 Å². The third-order valence-corrected chi connectivity index (χ3v) is 13.0. The van der Waals surface area contributed by atoms with Gasteiger partial charge >= 0.3 is 0 Å². The maximum Gasteiger partial charge on any atom is 0.178 e. The van der Waals surface area contributed by atoms with Crippen molar-refractivity contribution in [1.29, 1.82) is 5.26 Å². The second-order valence-electron chi connectivity index (χ2n) is 16.7. The van der Waals surface area contributed by atoms with E-state index in [1.807, 2.05) is 42.5 Å². The lowest BCUT2D eigenvalue weighted by atomic mass is 9.68. The van der Waals surface area contributed by atoms with Crippen LogP contribution in [-0.2, 0) is 5.41 Å². The molecule has 0 fully saturated rings. The lowest BCUT2D eigenvalue weighted by Gasteiger charge is -2.34. The second kappa shape index (κ2) is 15.6. The van der Waals surface area contributed by atoms with E-state index in [0.29, 0.717) is 28.6 Å². The molecule has 0 bridgehead atoms. The first-order valence-electron chi connectivity index (χ1n) is 22.0. The Morgan fingerprint density at radius 2 is 1.20 bits per heavy atom. The molecule has 1 unspecified atom stereocenters. The number of nitriles is 1. The van der Waals surface area contributed by atoms with Gasteiger partial charge in [0.05, 0.1) is 28.4 Å². The zero-order valence-electron chi connectivity index (χ0n) is 35.2. The summed E-state index contributed by atoms with van der Waals surface area (Å²) < 4.78 is 13.7. The molecular weight excluding hydrogens is 795 g/mol. The van der Waals surface area contributed by atoms with Crippen molar-refractivity contribution in [1.82, 2.24) is 9.97 Å². The largest absolute Gasteiger partial charge is 0.449 e. The van der Waals surface area contributed by atoms with Crippen LogP contribution in [0.4, 0.5) is 0 Å². The van der Waals surface area contributed by atoms with Crippen molar-refractivity contribution in [3.05, 3.63) is 257 Å². The second-order valence-corrected chi connectivity index (χ2v) is 16.7. The predicted molar refractivity (Wildman–Crippen MR) is 258 cm³/mol. The van der Waals surface area contributed by atoms with Crippen LogP contribution in [0.25, 0.3) is 50.5 Å². The van der Waals surface area contributed by atoms with E-state index in [9.17, 15) is 5.26 Å². The number of benzene rings is 8. The van der Waals surface area contributed by atoms with Gasteiger partial charge < -0.3 is 9.47 Å². The first-order chi connectivity index (χ1) is 32.1. The highest BCUT2D eigenvalue weighted by molar-refractivity contribution is 5.92. The van der Waals surface area contributed by atoms with E-state index >= 15 is 0 Å². The Labute approximate surface area is 377 Å². The van der Waals surface area contributed by atoms with Gasteiger partial charge in [-0.1, -0.05) is 182 Å². The molecule has 1 aromatic heterocycles. The van der Waals surface area contributed by atoms with E-state index in [4.69, 9.17) is 19.4 Å². The predicted octanol–water partition coefficient (Wildman–Crippen LogP) is 14.7. The van der Waals surface area contributed by atoms with Crippen LogP contribution >= 0.6 is 0 Å². The zero-order valence-corrected chi connectivity index (χ0v) is 35.2. The number of hydrogen-bond donors (Lipinski definition) is 0.